The van der Waals surface area contributed by atoms with Crippen LogP contribution in [0.15, 0.2) is 53.6 Å². The number of benzene rings is 2. The van der Waals surface area contributed by atoms with Gasteiger partial charge in [-0.05, 0) is 56.4 Å². The van der Waals surface area contributed by atoms with Crippen molar-refractivity contribution in [1.82, 2.24) is 16.0 Å². The number of rotatable bonds is 15. The zero-order valence-electron chi connectivity index (χ0n) is 25.5. The number of hydrogen-bond acceptors (Lipinski definition) is 8. The van der Waals surface area contributed by atoms with Crippen molar-refractivity contribution in [1.29, 1.82) is 0 Å². The van der Waals surface area contributed by atoms with Crippen molar-refractivity contribution in [3.63, 3.8) is 0 Å². The Hall–Kier alpha value is -3.71. The lowest BCUT2D eigenvalue weighted by molar-refractivity contribution is -0.131. The van der Waals surface area contributed by atoms with E-state index in [9.17, 15) is 24.3 Å². The summed E-state index contributed by atoms with van der Waals surface area (Å²) in [5.41, 5.74) is 12.1. The maximum Gasteiger partial charge on any atom is 0.408 e. The smallest absolute Gasteiger partial charge is 0.408 e. The molecule has 2 aromatic rings. The first-order chi connectivity index (χ1) is 20.8. The van der Waals surface area contributed by atoms with Gasteiger partial charge < -0.3 is 25.8 Å². The molecule has 0 bridgehead atoms. The summed E-state index contributed by atoms with van der Waals surface area (Å²) < 4.78 is 5.36. The summed E-state index contributed by atoms with van der Waals surface area (Å²) in [6.07, 6.45) is -0.788. The van der Waals surface area contributed by atoms with E-state index in [1.54, 1.807) is 20.8 Å². The minimum absolute atomic E-state index is 0.106. The van der Waals surface area contributed by atoms with Gasteiger partial charge in [-0.1, -0.05) is 59.7 Å². The number of alkyl carbamates (subject to hydrolysis) is 1. The van der Waals surface area contributed by atoms with Gasteiger partial charge in [-0.15, -0.1) is 0 Å². The Morgan fingerprint density at radius 2 is 1.25 bits per heavy atom. The molecule has 14 heteroatoms. The first kappa shape index (κ1) is 36.5. The Morgan fingerprint density at radius 1 is 0.818 bits per heavy atom. The molecule has 2 rings (SSSR count). The highest BCUT2D eigenvalue weighted by Crippen LogP contribution is 2.17. The van der Waals surface area contributed by atoms with Crippen LogP contribution < -0.4 is 16.0 Å². The first-order valence-corrected chi connectivity index (χ1v) is 16.2. The first-order valence-electron chi connectivity index (χ1n) is 13.9. The molecule has 0 aromatic heterocycles. The molecular formula is C30H40N6O6S2. The zero-order valence-corrected chi connectivity index (χ0v) is 27.2. The molecule has 0 heterocycles. The number of azide groups is 1. The largest absolute Gasteiger partial charge is 0.444 e. The number of aliphatic hydroxyl groups is 1. The second-order valence-corrected chi connectivity index (χ2v) is 13.1. The SMILES string of the molecule is Cc1ccc(CSC[C@H](NC(=O)OC(C)(C)C)C(=O)N[C@@H](CSCc2ccc(C)cc2)C(=O)N[C@@H](CO)C(=O)N=[N+]=[N-])cc1. The van der Waals surface area contributed by atoms with Crippen molar-refractivity contribution in [3.8, 4) is 0 Å². The number of ether oxygens (including phenoxy) is 1. The second-order valence-electron chi connectivity index (χ2n) is 11.0. The van der Waals surface area contributed by atoms with Crippen molar-refractivity contribution < 1.29 is 29.0 Å². The van der Waals surface area contributed by atoms with E-state index in [0.717, 1.165) is 22.3 Å². The van der Waals surface area contributed by atoms with Crippen LogP contribution in [0.2, 0.25) is 0 Å². The molecule has 0 aliphatic carbocycles. The second kappa shape index (κ2) is 18.2. The van der Waals surface area contributed by atoms with Gasteiger partial charge in [0.15, 0.2) is 0 Å². The van der Waals surface area contributed by atoms with Crippen LogP contribution in [-0.2, 0) is 30.6 Å². The summed E-state index contributed by atoms with van der Waals surface area (Å²) in [5, 5.41) is 20.2. The van der Waals surface area contributed by atoms with Crippen LogP contribution in [0.1, 0.15) is 43.0 Å². The summed E-state index contributed by atoms with van der Waals surface area (Å²) in [6.45, 7) is 8.27. The molecule has 238 valence electrons. The lowest BCUT2D eigenvalue weighted by atomic mass is 10.2. The summed E-state index contributed by atoms with van der Waals surface area (Å²) in [5.74, 6) is -1.07. The lowest BCUT2D eigenvalue weighted by Crippen LogP contribution is -2.57. The van der Waals surface area contributed by atoms with Crippen molar-refractivity contribution in [2.45, 2.75) is 69.9 Å². The van der Waals surface area contributed by atoms with E-state index in [4.69, 9.17) is 10.3 Å². The number of aryl methyl sites for hydroxylation is 2. The fraction of sp³-hybridized carbons (Fsp3) is 0.467. The highest BCUT2D eigenvalue weighted by Gasteiger charge is 2.30. The topological polar surface area (TPSA) is 183 Å². The minimum Gasteiger partial charge on any atom is -0.444 e. The van der Waals surface area contributed by atoms with Crippen LogP contribution in [0.3, 0.4) is 0 Å². The summed E-state index contributed by atoms with van der Waals surface area (Å²) in [4.78, 5) is 53.9. The average Bonchev–Trinajstić information content (AvgIpc) is 2.95. The van der Waals surface area contributed by atoms with Gasteiger partial charge in [0.2, 0.25) is 17.7 Å². The molecular weight excluding hydrogens is 605 g/mol. The van der Waals surface area contributed by atoms with E-state index in [1.165, 1.54) is 23.5 Å². The predicted molar refractivity (Wildman–Crippen MR) is 173 cm³/mol. The Balaban J connectivity index is 2.21. The molecule has 3 atom stereocenters. The van der Waals surface area contributed by atoms with E-state index in [0.29, 0.717) is 11.5 Å². The molecule has 4 N–H and O–H groups in total. The van der Waals surface area contributed by atoms with Crippen LogP contribution in [0.25, 0.3) is 10.4 Å². The third-order valence-corrected chi connectivity index (χ3v) is 8.14. The predicted octanol–water partition coefficient (Wildman–Crippen LogP) is 4.16. The molecule has 4 amide bonds. The molecule has 0 aliphatic heterocycles. The molecule has 0 spiro atoms. The number of carbonyl (C=O) groups is 4. The number of thioether (sulfide) groups is 2. The Bertz CT molecular complexity index is 1310. The van der Waals surface area contributed by atoms with Gasteiger partial charge in [-0.2, -0.15) is 23.5 Å². The Morgan fingerprint density at radius 3 is 1.66 bits per heavy atom. The van der Waals surface area contributed by atoms with Gasteiger partial charge in [0.1, 0.15) is 23.7 Å². The van der Waals surface area contributed by atoms with E-state index >= 15 is 0 Å². The van der Waals surface area contributed by atoms with Crippen molar-refractivity contribution >= 4 is 47.3 Å². The molecule has 44 heavy (non-hydrogen) atoms. The molecule has 12 nitrogen and oxygen atoms in total. The maximum absolute atomic E-state index is 13.5. The highest BCUT2D eigenvalue weighted by atomic mass is 32.2. The number of hydrogen-bond donors (Lipinski definition) is 4. The third kappa shape index (κ3) is 13.7. The molecule has 0 radical (unpaired) electrons. The Labute approximate surface area is 266 Å². The van der Waals surface area contributed by atoms with Crippen LogP contribution >= 0.6 is 23.5 Å². The lowest BCUT2D eigenvalue weighted by Gasteiger charge is -2.26. The standard InChI is InChI=1S/C30H40N6O6S2/c1-19-6-10-21(11-7-19)15-43-17-24(26(38)32-23(14-37)28(40)35-36-31)33-27(39)25(34-29(41)42-30(3,4)5)18-44-16-22-12-8-20(2)9-13-22/h6-13,23-25,37H,14-18H2,1-5H3,(H,32,38)(H,33,39)(H,34,41)/t23-,24-,25-/m0/s1. The van der Waals surface area contributed by atoms with Crippen LogP contribution in [0, 0.1) is 13.8 Å². The van der Waals surface area contributed by atoms with Crippen LogP contribution in [-0.4, -0.2) is 70.8 Å². The average molecular weight is 645 g/mol. The fourth-order valence-electron chi connectivity index (χ4n) is 3.62. The monoisotopic (exact) mass is 644 g/mol. The van der Waals surface area contributed by atoms with Gasteiger partial charge in [0.05, 0.1) is 6.61 Å². The van der Waals surface area contributed by atoms with E-state index in [-0.39, 0.29) is 11.5 Å². The fourth-order valence-corrected chi connectivity index (χ4v) is 5.65. The van der Waals surface area contributed by atoms with Gasteiger partial charge in [-0.3, -0.25) is 14.4 Å². The van der Waals surface area contributed by atoms with Crippen molar-refractivity contribution in [2.24, 2.45) is 5.11 Å². The quantitative estimate of drug-likeness (QED) is 0.127. The maximum atomic E-state index is 13.5. The van der Waals surface area contributed by atoms with Gasteiger partial charge in [0, 0.05) is 27.9 Å². The Kier molecular flexibility index (Phi) is 15.1. The van der Waals surface area contributed by atoms with Gasteiger partial charge >= 0.3 is 6.09 Å². The summed E-state index contributed by atoms with van der Waals surface area (Å²) in [6, 6.07) is 12.1. The molecule has 0 saturated carbocycles. The molecule has 2 aromatic carbocycles. The van der Waals surface area contributed by atoms with Crippen molar-refractivity contribution in [2.75, 3.05) is 18.1 Å². The molecule has 0 saturated heterocycles. The summed E-state index contributed by atoms with van der Waals surface area (Å²) in [7, 11) is 0. The van der Waals surface area contributed by atoms with Gasteiger partial charge in [0.25, 0.3) is 0 Å². The number of carbonyl (C=O) groups excluding carboxylic acids is 4. The molecule has 0 aliphatic rings. The summed E-state index contributed by atoms with van der Waals surface area (Å²) >= 11 is 2.79. The van der Waals surface area contributed by atoms with E-state index < -0.39 is 54.1 Å². The van der Waals surface area contributed by atoms with Crippen LogP contribution in [0.4, 0.5) is 4.79 Å². The zero-order chi connectivity index (χ0) is 32.7. The number of nitrogens with one attached hydrogen (secondary N) is 3. The molecule has 0 unspecified atom stereocenters. The minimum atomic E-state index is -1.49. The van der Waals surface area contributed by atoms with Crippen LogP contribution in [0.5, 0.6) is 0 Å². The van der Waals surface area contributed by atoms with Gasteiger partial charge in [-0.25, -0.2) is 4.79 Å². The number of aliphatic hydroxyl groups excluding tert-OH is 1. The van der Waals surface area contributed by atoms with E-state index in [2.05, 4.69) is 26.0 Å². The number of amides is 4. The van der Waals surface area contributed by atoms with Crippen molar-refractivity contribution in [3.05, 3.63) is 81.2 Å². The number of nitrogens with zero attached hydrogens (tertiary/aromatic N) is 3. The highest BCUT2D eigenvalue weighted by molar-refractivity contribution is 7.98. The normalized spacial score (nSPS) is 13.0. The molecule has 0 fully saturated rings. The third-order valence-electron chi connectivity index (χ3n) is 5.93. The van der Waals surface area contributed by atoms with E-state index in [1.807, 2.05) is 62.4 Å².